The molecule has 0 saturated carbocycles. The van der Waals surface area contributed by atoms with Crippen molar-refractivity contribution in [3.05, 3.63) is 0 Å². The lowest BCUT2D eigenvalue weighted by molar-refractivity contribution is -0.0166. The minimum atomic E-state index is -4.44. The summed E-state index contributed by atoms with van der Waals surface area (Å²) in [7, 11) is -8.53. The highest BCUT2D eigenvalue weighted by molar-refractivity contribution is 7.52. The molecule has 0 bridgehead atoms. The van der Waals surface area contributed by atoms with Crippen LogP contribution < -0.4 is 10.6 Å². The zero-order valence-corrected chi connectivity index (χ0v) is 29.4. The van der Waals surface area contributed by atoms with Crippen LogP contribution in [0.15, 0.2) is 0 Å². The largest absolute Gasteiger partial charge is 0.472 e. The van der Waals surface area contributed by atoms with E-state index in [1.165, 1.54) is 0 Å². The molecule has 2 saturated heterocycles. The number of rotatable bonds is 19. The Hall–Kier alpha value is 0.0600. The van der Waals surface area contributed by atoms with Crippen LogP contribution in [0.4, 0.5) is 0 Å². The van der Waals surface area contributed by atoms with Crippen molar-refractivity contribution in [2.45, 2.75) is 143 Å². The molecule has 2 rings (SSSR count). The van der Waals surface area contributed by atoms with Gasteiger partial charge in [-0.05, 0) is 54.4 Å². The van der Waals surface area contributed by atoms with Crippen molar-refractivity contribution in [2.75, 3.05) is 39.1 Å². The minimum Gasteiger partial charge on any atom is -0.372 e. The molecular formula is C28H60N4O8P2. The molecule has 0 radical (unpaired) electrons. The number of phosphoric acid groups is 1. The van der Waals surface area contributed by atoms with Gasteiger partial charge in [0, 0.05) is 61.4 Å². The molecule has 0 aliphatic carbocycles. The third-order valence-electron chi connectivity index (χ3n) is 7.60. The van der Waals surface area contributed by atoms with Gasteiger partial charge in [0.25, 0.3) is 0 Å². The fourth-order valence-corrected chi connectivity index (χ4v) is 8.09. The first-order chi connectivity index (χ1) is 19.4. The number of nitrogens with zero attached hydrogens (tertiary/aromatic N) is 2. The van der Waals surface area contributed by atoms with E-state index in [0.29, 0.717) is 12.1 Å². The Morgan fingerprint density at radius 2 is 1.19 bits per heavy atom. The Morgan fingerprint density at radius 3 is 1.60 bits per heavy atom. The van der Waals surface area contributed by atoms with Gasteiger partial charge in [0.15, 0.2) is 0 Å². The fraction of sp³-hybridized carbons (Fsp3) is 1.00. The van der Waals surface area contributed by atoms with Crippen LogP contribution in [0.1, 0.15) is 82.1 Å². The lowest BCUT2D eigenvalue weighted by Gasteiger charge is -2.29. The standard InChI is InChI=1S/C28H60N4O8P2/c1-19(2)29-24-11-26(31(13-24)21(5)6)15-37-41(33,34)18-28(40-23(9)10)17-39-42(35,36)38-16-27-12-25(30-20(3)4)14-32(27)22(7)8/h19-30H,11-18H2,1-10H3,(H,33,34)(H,35,36). The molecule has 2 heterocycles. The second-order valence-electron chi connectivity index (χ2n) is 13.4. The molecule has 2 aliphatic heterocycles. The summed E-state index contributed by atoms with van der Waals surface area (Å²) >= 11 is 0. The average molecular weight is 643 g/mol. The molecule has 0 amide bonds. The van der Waals surface area contributed by atoms with Crippen LogP contribution in [0.5, 0.6) is 0 Å². The van der Waals surface area contributed by atoms with Gasteiger partial charge in [-0.3, -0.25) is 23.4 Å². The molecule has 2 aliphatic rings. The van der Waals surface area contributed by atoms with Crippen LogP contribution in [0.2, 0.25) is 0 Å². The third-order valence-corrected chi connectivity index (χ3v) is 9.97. The van der Waals surface area contributed by atoms with Crippen molar-refractivity contribution < 1.29 is 37.2 Å². The maximum atomic E-state index is 13.1. The topological polar surface area (TPSA) is 142 Å². The molecule has 14 heteroatoms. The molecule has 0 aromatic rings. The van der Waals surface area contributed by atoms with E-state index in [2.05, 4.69) is 75.8 Å². The number of nitrogens with one attached hydrogen (secondary N) is 2. The van der Waals surface area contributed by atoms with E-state index in [1.54, 1.807) is 13.8 Å². The number of hydrogen-bond acceptors (Lipinski definition) is 10. The molecule has 7 unspecified atom stereocenters. The van der Waals surface area contributed by atoms with Gasteiger partial charge in [-0.1, -0.05) is 27.7 Å². The number of hydrogen-bond donors (Lipinski definition) is 4. The smallest absolute Gasteiger partial charge is 0.372 e. The summed E-state index contributed by atoms with van der Waals surface area (Å²) < 4.78 is 48.0. The van der Waals surface area contributed by atoms with E-state index < -0.39 is 21.5 Å². The minimum absolute atomic E-state index is 0.00447. The van der Waals surface area contributed by atoms with Crippen LogP contribution >= 0.6 is 15.4 Å². The van der Waals surface area contributed by atoms with Crippen molar-refractivity contribution >= 4 is 15.4 Å². The summed E-state index contributed by atoms with van der Waals surface area (Å²) in [5.41, 5.74) is 0. The van der Waals surface area contributed by atoms with E-state index >= 15 is 0 Å². The number of likely N-dealkylation sites (tertiary alicyclic amines) is 2. The van der Waals surface area contributed by atoms with Crippen LogP contribution in [-0.4, -0.2) is 119 Å². The molecule has 7 atom stereocenters. The maximum absolute atomic E-state index is 13.1. The summed E-state index contributed by atoms with van der Waals surface area (Å²) in [4.78, 5) is 25.7. The first kappa shape index (κ1) is 38.2. The molecule has 0 aromatic carbocycles. The second kappa shape index (κ2) is 17.1. The fourth-order valence-electron chi connectivity index (χ4n) is 6.09. The molecule has 4 N–H and O–H groups in total. The van der Waals surface area contributed by atoms with E-state index in [1.807, 2.05) is 0 Å². The third kappa shape index (κ3) is 13.6. The van der Waals surface area contributed by atoms with Gasteiger partial charge in [0.2, 0.25) is 0 Å². The normalized spacial score (nSPS) is 28.0. The molecular weight excluding hydrogens is 582 g/mol. The quantitative estimate of drug-likeness (QED) is 0.152. The molecule has 0 spiro atoms. The summed E-state index contributed by atoms with van der Waals surface area (Å²) in [5, 5.41) is 7.08. The Morgan fingerprint density at radius 1 is 0.738 bits per heavy atom. The van der Waals surface area contributed by atoms with E-state index in [4.69, 9.17) is 18.3 Å². The first-order valence-electron chi connectivity index (χ1n) is 15.6. The Bertz CT molecular complexity index is 894. The van der Waals surface area contributed by atoms with Gasteiger partial charge < -0.3 is 29.7 Å². The van der Waals surface area contributed by atoms with Crippen LogP contribution in [-0.2, 0) is 27.4 Å². The van der Waals surface area contributed by atoms with Crippen LogP contribution in [0.3, 0.4) is 0 Å². The zero-order valence-electron chi connectivity index (χ0n) is 27.6. The van der Waals surface area contributed by atoms with E-state index in [-0.39, 0.29) is 68.3 Å². The van der Waals surface area contributed by atoms with Crippen molar-refractivity contribution in [3.63, 3.8) is 0 Å². The van der Waals surface area contributed by atoms with E-state index in [9.17, 15) is 18.9 Å². The summed E-state index contributed by atoms with van der Waals surface area (Å²) in [6.45, 7) is 21.8. The Kier molecular flexibility index (Phi) is 15.6. The molecule has 42 heavy (non-hydrogen) atoms. The van der Waals surface area contributed by atoms with Crippen LogP contribution in [0.25, 0.3) is 0 Å². The molecule has 12 nitrogen and oxygen atoms in total. The zero-order chi connectivity index (χ0) is 31.8. The Labute approximate surface area is 254 Å². The van der Waals surface area contributed by atoms with Gasteiger partial charge in [-0.2, -0.15) is 0 Å². The number of ether oxygens (including phenoxy) is 1. The van der Waals surface area contributed by atoms with Gasteiger partial charge in [0.05, 0.1) is 38.2 Å². The average Bonchev–Trinajstić information content (AvgIpc) is 3.43. The summed E-state index contributed by atoms with van der Waals surface area (Å²) in [5.74, 6) is 0. The first-order valence-corrected chi connectivity index (χ1v) is 18.9. The molecule has 0 aromatic heterocycles. The monoisotopic (exact) mass is 642 g/mol. The van der Waals surface area contributed by atoms with Crippen molar-refractivity contribution in [1.29, 1.82) is 0 Å². The predicted molar refractivity (Wildman–Crippen MR) is 167 cm³/mol. The van der Waals surface area contributed by atoms with Crippen molar-refractivity contribution in [1.82, 2.24) is 20.4 Å². The number of phosphoric ester groups is 1. The SMILES string of the molecule is CC(C)NC1CC(COP(=O)(O)CC(COP(=O)(O)OCC2CC(NC(C)C)CN2C(C)C)OC(C)C)N(C(C)C)C1. The lowest BCUT2D eigenvalue weighted by Crippen LogP contribution is -2.40. The Balaban J connectivity index is 1.93. The van der Waals surface area contributed by atoms with Gasteiger partial charge in [-0.25, -0.2) is 4.57 Å². The summed E-state index contributed by atoms with van der Waals surface area (Å²) in [6, 6.07) is 1.75. The lowest BCUT2D eigenvalue weighted by atomic mass is 10.1. The highest BCUT2D eigenvalue weighted by Gasteiger charge is 2.38. The highest BCUT2D eigenvalue weighted by atomic mass is 31.2. The summed E-state index contributed by atoms with van der Waals surface area (Å²) in [6.07, 6.45) is 0.0299. The van der Waals surface area contributed by atoms with Crippen molar-refractivity contribution in [3.8, 4) is 0 Å². The van der Waals surface area contributed by atoms with E-state index in [0.717, 1.165) is 25.9 Å². The molecule has 2 fully saturated rings. The van der Waals surface area contributed by atoms with Gasteiger partial charge in [0.1, 0.15) is 0 Å². The predicted octanol–water partition coefficient (Wildman–Crippen LogP) is 3.81. The second-order valence-corrected chi connectivity index (χ2v) is 16.7. The van der Waals surface area contributed by atoms with Crippen molar-refractivity contribution in [2.24, 2.45) is 0 Å². The van der Waals surface area contributed by atoms with Gasteiger partial charge >= 0.3 is 15.4 Å². The van der Waals surface area contributed by atoms with Gasteiger partial charge in [-0.15, -0.1) is 0 Å². The molecule has 250 valence electrons. The van der Waals surface area contributed by atoms with Crippen LogP contribution in [0, 0.1) is 0 Å². The maximum Gasteiger partial charge on any atom is 0.472 e. The highest BCUT2D eigenvalue weighted by Crippen LogP contribution is 2.47.